The van der Waals surface area contributed by atoms with E-state index >= 15 is 0 Å². The van der Waals surface area contributed by atoms with Crippen molar-refractivity contribution in [2.75, 3.05) is 25.0 Å². The lowest BCUT2D eigenvalue weighted by atomic mass is 10.1. The highest BCUT2D eigenvalue weighted by atomic mass is 16.4. The average molecular weight is 288 g/mol. The van der Waals surface area contributed by atoms with E-state index < -0.39 is 5.97 Å². The summed E-state index contributed by atoms with van der Waals surface area (Å²) in [6.45, 7) is 4.93. The zero-order valence-electron chi connectivity index (χ0n) is 12.2. The van der Waals surface area contributed by atoms with Crippen molar-refractivity contribution >= 4 is 17.7 Å². The van der Waals surface area contributed by atoms with Crippen molar-refractivity contribution < 1.29 is 14.7 Å². The number of fused-ring (bicyclic) bond motifs is 1. The smallest absolute Gasteiger partial charge is 0.335 e. The molecule has 1 aliphatic heterocycles. The summed E-state index contributed by atoms with van der Waals surface area (Å²) in [5, 5.41) is 9.07. The van der Waals surface area contributed by atoms with Gasteiger partial charge in [0.2, 0.25) is 0 Å². The van der Waals surface area contributed by atoms with E-state index in [1.165, 1.54) is 0 Å². The molecule has 1 aromatic rings. The van der Waals surface area contributed by atoms with Crippen LogP contribution in [-0.2, 0) is 6.42 Å². The van der Waals surface area contributed by atoms with Crippen LogP contribution in [0.5, 0.6) is 0 Å². The summed E-state index contributed by atoms with van der Waals surface area (Å²) in [7, 11) is 1.77. The molecule has 1 N–H and O–H groups in total. The third-order valence-corrected chi connectivity index (χ3v) is 3.69. The van der Waals surface area contributed by atoms with Gasteiger partial charge in [0.25, 0.3) is 0 Å². The molecule has 0 spiro atoms. The number of carbonyl (C=O) groups excluding carboxylic acids is 1. The molecule has 0 aromatic heterocycles. The van der Waals surface area contributed by atoms with Crippen LogP contribution >= 0.6 is 0 Å². The van der Waals surface area contributed by atoms with Gasteiger partial charge in [0.05, 0.1) is 5.56 Å². The summed E-state index contributed by atoms with van der Waals surface area (Å²) in [6, 6.07) is 4.88. The Morgan fingerprint density at radius 1 is 1.48 bits per heavy atom. The Labute approximate surface area is 124 Å². The second-order valence-corrected chi connectivity index (χ2v) is 5.19. The minimum atomic E-state index is -0.976. The van der Waals surface area contributed by atoms with Gasteiger partial charge in [-0.05, 0) is 37.0 Å². The molecule has 1 heterocycles. The van der Waals surface area contributed by atoms with E-state index in [-0.39, 0.29) is 11.6 Å². The molecule has 0 unspecified atom stereocenters. The number of hydrogen-bond acceptors (Lipinski definition) is 2. The number of unbranched alkanes of at least 4 members (excludes halogenated alkanes) is 1. The quantitative estimate of drug-likeness (QED) is 0.669. The fourth-order valence-corrected chi connectivity index (χ4v) is 2.49. The lowest BCUT2D eigenvalue weighted by Gasteiger charge is -2.25. The number of amides is 2. The number of carboxylic acid groups (broad SMARTS) is 1. The molecule has 0 saturated heterocycles. The van der Waals surface area contributed by atoms with E-state index in [9.17, 15) is 9.59 Å². The number of carbonyl (C=O) groups is 2. The minimum absolute atomic E-state index is 0.0830. The van der Waals surface area contributed by atoms with Gasteiger partial charge in [-0.2, -0.15) is 0 Å². The number of allylic oxidation sites excluding steroid dienone is 1. The van der Waals surface area contributed by atoms with Crippen LogP contribution < -0.4 is 4.90 Å². The standard InChI is InChI=1S/C16H20N2O3/c1-3-4-5-9-17(2)16(21)18-10-8-12-6-7-13(15(19)20)11-14(12)18/h3,6-7,11H,1,4-5,8-10H2,2H3,(H,19,20). The Hall–Kier alpha value is -2.30. The number of hydrogen-bond donors (Lipinski definition) is 1. The first-order valence-electron chi connectivity index (χ1n) is 7.04. The van der Waals surface area contributed by atoms with Crippen molar-refractivity contribution in [3.63, 3.8) is 0 Å². The molecule has 5 heteroatoms. The molecule has 1 aromatic carbocycles. The number of aromatic carboxylic acids is 1. The lowest BCUT2D eigenvalue weighted by molar-refractivity contribution is 0.0697. The van der Waals surface area contributed by atoms with Crippen molar-refractivity contribution in [2.45, 2.75) is 19.3 Å². The Bertz CT molecular complexity index is 569. The van der Waals surface area contributed by atoms with Crippen molar-refractivity contribution in [3.8, 4) is 0 Å². The number of benzene rings is 1. The molecule has 0 saturated carbocycles. The van der Waals surface area contributed by atoms with Crippen LogP contribution in [0, 0.1) is 0 Å². The van der Waals surface area contributed by atoms with Crippen LogP contribution in [0.25, 0.3) is 0 Å². The monoisotopic (exact) mass is 288 g/mol. The summed E-state index contributed by atoms with van der Waals surface area (Å²) in [5.74, 6) is -0.976. The molecule has 0 aliphatic carbocycles. The zero-order valence-corrected chi connectivity index (χ0v) is 12.2. The summed E-state index contributed by atoms with van der Waals surface area (Å²) in [5.41, 5.74) is 1.95. The highest BCUT2D eigenvalue weighted by molar-refractivity contribution is 5.96. The van der Waals surface area contributed by atoms with E-state index in [1.807, 2.05) is 6.08 Å². The highest BCUT2D eigenvalue weighted by Crippen LogP contribution is 2.29. The summed E-state index contributed by atoms with van der Waals surface area (Å²) < 4.78 is 0. The Morgan fingerprint density at radius 2 is 2.24 bits per heavy atom. The van der Waals surface area contributed by atoms with E-state index in [4.69, 9.17) is 5.11 Å². The lowest BCUT2D eigenvalue weighted by Crippen LogP contribution is -2.40. The molecule has 1 aliphatic rings. The second kappa shape index (κ2) is 6.43. The number of anilines is 1. The highest BCUT2D eigenvalue weighted by Gasteiger charge is 2.27. The first-order chi connectivity index (χ1) is 10.0. The average Bonchev–Trinajstić information content (AvgIpc) is 2.89. The summed E-state index contributed by atoms with van der Waals surface area (Å²) in [4.78, 5) is 26.9. The molecule has 112 valence electrons. The van der Waals surface area contributed by atoms with Crippen LogP contribution in [0.3, 0.4) is 0 Å². The van der Waals surface area contributed by atoms with E-state index in [2.05, 4.69) is 6.58 Å². The van der Waals surface area contributed by atoms with Gasteiger partial charge in [-0.1, -0.05) is 12.1 Å². The van der Waals surface area contributed by atoms with Crippen molar-refractivity contribution in [1.82, 2.24) is 4.90 Å². The molecule has 2 rings (SSSR count). The van der Waals surface area contributed by atoms with Gasteiger partial charge in [0.1, 0.15) is 0 Å². The molecular formula is C16H20N2O3. The van der Waals surface area contributed by atoms with Crippen LogP contribution in [-0.4, -0.2) is 42.1 Å². The topological polar surface area (TPSA) is 60.9 Å². The first-order valence-corrected chi connectivity index (χ1v) is 7.04. The SMILES string of the molecule is C=CCCCN(C)C(=O)N1CCc2ccc(C(=O)O)cc21. The molecule has 5 nitrogen and oxygen atoms in total. The third kappa shape index (κ3) is 3.24. The maximum absolute atomic E-state index is 12.5. The molecule has 0 bridgehead atoms. The number of carboxylic acids is 1. The second-order valence-electron chi connectivity index (χ2n) is 5.19. The third-order valence-electron chi connectivity index (χ3n) is 3.69. The van der Waals surface area contributed by atoms with Gasteiger partial charge in [-0.3, -0.25) is 4.90 Å². The molecule has 0 radical (unpaired) electrons. The summed E-state index contributed by atoms with van der Waals surface area (Å²) in [6.07, 6.45) is 4.35. The molecular weight excluding hydrogens is 268 g/mol. The van der Waals surface area contributed by atoms with E-state index in [0.29, 0.717) is 13.1 Å². The largest absolute Gasteiger partial charge is 0.478 e. The number of nitrogens with zero attached hydrogens (tertiary/aromatic N) is 2. The Kier molecular flexibility index (Phi) is 4.62. The van der Waals surface area contributed by atoms with Crippen LogP contribution in [0.4, 0.5) is 10.5 Å². The van der Waals surface area contributed by atoms with Gasteiger partial charge in [-0.25, -0.2) is 9.59 Å². The Morgan fingerprint density at radius 3 is 2.90 bits per heavy atom. The predicted octanol–water partition coefficient (Wildman–Crippen LogP) is 2.77. The molecule has 2 amide bonds. The first kappa shape index (κ1) is 15.1. The van der Waals surface area contributed by atoms with Gasteiger partial charge in [0.15, 0.2) is 0 Å². The molecule has 21 heavy (non-hydrogen) atoms. The van der Waals surface area contributed by atoms with Crippen LogP contribution in [0.2, 0.25) is 0 Å². The summed E-state index contributed by atoms with van der Waals surface area (Å²) >= 11 is 0. The fraction of sp³-hybridized carbons (Fsp3) is 0.375. The van der Waals surface area contributed by atoms with Gasteiger partial charge >= 0.3 is 12.0 Å². The Balaban J connectivity index is 2.13. The van der Waals surface area contributed by atoms with Gasteiger partial charge in [0, 0.05) is 25.8 Å². The number of rotatable bonds is 5. The predicted molar refractivity (Wildman–Crippen MR) is 81.9 cm³/mol. The van der Waals surface area contributed by atoms with E-state index in [1.54, 1.807) is 35.0 Å². The van der Waals surface area contributed by atoms with Crippen molar-refractivity contribution in [2.24, 2.45) is 0 Å². The fourth-order valence-electron chi connectivity index (χ4n) is 2.49. The molecule has 0 fully saturated rings. The van der Waals surface area contributed by atoms with E-state index in [0.717, 1.165) is 30.5 Å². The maximum Gasteiger partial charge on any atom is 0.335 e. The maximum atomic E-state index is 12.5. The normalized spacial score (nSPS) is 12.9. The van der Waals surface area contributed by atoms with Gasteiger partial charge < -0.3 is 10.0 Å². The van der Waals surface area contributed by atoms with Crippen molar-refractivity contribution in [3.05, 3.63) is 42.0 Å². The van der Waals surface area contributed by atoms with Gasteiger partial charge in [-0.15, -0.1) is 6.58 Å². The zero-order chi connectivity index (χ0) is 15.4. The van der Waals surface area contributed by atoms with Crippen LogP contribution in [0.1, 0.15) is 28.8 Å². The van der Waals surface area contributed by atoms with Crippen molar-refractivity contribution in [1.29, 1.82) is 0 Å². The minimum Gasteiger partial charge on any atom is -0.478 e. The molecule has 0 atom stereocenters. The van der Waals surface area contributed by atoms with Crippen LogP contribution in [0.15, 0.2) is 30.9 Å². The number of urea groups is 1.